The summed E-state index contributed by atoms with van der Waals surface area (Å²) in [6, 6.07) is 10.1. The molecule has 29 heavy (non-hydrogen) atoms. The third kappa shape index (κ3) is 5.17. The van der Waals surface area contributed by atoms with E-state index < -0.39 is 26.6 Å². The van der Waals surface area contributed by atoms with Crippen LogP contribution in [0.15, 0.2) is 47.4 Å². The summed E-state index contributed by atoms with van der Waals surface area (Å²) in [5.41, 5.74) is 2.13. The van der Waals surface area contributed by atoms with E-state index in [4.69, 9.17) is 0 Å². The summed E-state index contributed by atoms with van der Waals surface area (Å²) in [6.45, 7) is 3.41. The fourth-order valence-corrected chi connectivity index (χ4v) is 4.70. The SMILES string of the molecule is Cc1ccccc1CNC(=O)CN1CCN(S(=O)(=O)c2cc(F)ccc2F)CC1. The molecule has 0 saturated carbocycles. The van der Waals surface area contributed by atoms with Crippen LogP contribution in [-0.2, 0) is 21.4 Å². The Morgan fingerprint density at radius 1 is 1.07 bits per heavy atom. The van der Waals surface area contributed by atoms with E-state index in [1.807, 2.05) is 36.1 Å². The number of benzene rings is 2. The molecule has 0 atom stereocenters. The van der Waals surface area contributed by atoms with Crippen LogP contribution in [-0.4, -0.2) is 56.3 Å². The Kier molecular flexibility index (Phi) is 6.61. The maximum absolute atomic E-state index is 13.9. The van der Waals surface area contributed by atoms with Crippen LogP contribution < -0.4 is 5.32 Å². The molecule has 0 aliphatic carbocycles. The van der Waals surface area contributed by atoms with E-state index in [0.29, 0.717) is 25.7 Å². The maximum atomic E-state index is 13.9. The zero-order valence-electron chi connectivity index (χ0n) is 16.1. The van der Waals surface area contributed by atoms with Gasteiger partial charge in [-0.2, -0.15) is 4.31 Å². The van der Waals surface area contributed by atoms with Crippen molar-refractivity contribution in [1.82, 2.24) is 14.5 Å². The van der Waals surface area contributed by atoms with Crippen molar-refractivity contribution in [1.29, 1.82) is 0 Å². The smallest absolute Gasteiger partial charge is 0.246 e. The van der Waals surface area contributed by atoms with Gasteiger partial charge in [-0.1, -0.05) is 24.3 Å². The number of amides is 1. The molecule has 1 fully saturated rings. The normalized spacial score (nSPS) is 16.0. The molecule has 0 unspecified atom stereocenters. The van der Waals surface area contributed by atoms with Crippen LogP contribution >= 0.6 is 0 Å². The molecule has 3 rings (SSSR count). The lowest BCUT2D eigenvalue weighted by Crippen LogP contribution is -2.51. The zero-order valence-corrected chi connectivity index (χ0v) is 16.9. The molecule has 2 aromatic rings. The predicted molar refractivity (Wildman–Crippen MR) is 105 cm³/mol. The standard InChI is InChI=1S/C20H23F2N3O3S/c1-15-4-2-3-5-16(15)13-23-20(26)14-24-8-10-25(11-9-24)29(27,28)19-12-17(21)6-7-18(19)22/h2-7,12H,8-11,13-14H2,1H3,(H,23,26). The molecule has 0 radical (unpaired) electrons. The molecular weight excluding hydrogens is 400 g/mol. The van der Waals surface area contributed by atoms with E-state index in [9.17, 15) is 22.0 Å². The monoisotopic (exact) mass is 423 g/mol. The molecule has 6 nitrogen and oxygen atoms in total. The second-order valence-corrected chi connectivity index (χ2v) is 8.86. The van der Waals surface area contributed by atoms with Gasteiger partial charge in [-0.3, -0.25) is 9.69 Å². The van der Waals surface area contributed by atoms with Crippen molar-refractivity contribution in [2.75, 3.05) is 32.7 Å². The van der Waals surface area contributed by atoms with E-state index in [0.717, 1.165) is 27.6 Å². The number of sulfonamides is 1. The largest absolute Gasteiger partial charge is 0.351 e. The van der Waals surface area contributed by atoms with Crippen LogP contribution in [0.25, 0.3) is 0 Å². The summed E-state index contributed by atoms with van der Waals surface area (Å²) < 4.78 is 53.6. The molecule has 0 bridgehead atoms. The number of halogens is 2. The van der Waals surface area contributed by atoms with Gasteiger partial charge < -0.3 is 5.32 Å². The number of piperazine rings is 1. The van der Waals surface area contributed by atoms with Crippen LogP contribution in [0.1, 0.15) is 11.1 Å². The summed E-state index contributed by atoms with van der Waals surface area (Å²) in [5, 5.41) is 2.86. The molecule has 1 saturated heterocycles. The molecule has 1 aliphatic rings. The number of carbonyl (C=O) groups excluding carboxylic acids is 1. The molecule has 2 aromatic carbocycles. The molecule has 1 amide bonds. The van der Waals surface area contributed by atoms with Crippen LogP contribution in [0.3, 0.4) is 0 Å². The summed E-state index contributed by atoms with van der Waals surface area (Å²) in [7, 11) is -4.13. The Balaban J connectivity index is 1.53. The van der Waals surface area contributed by atoms with Crippen molar-refractivity contribution in [2.45, 2.75) is 18.4 Å². The second-order valence-electron chi connectivity index (χ2n) is 6.96. The Labute approximate surface area is 169 Å². The van der Waals surface area contributed by atoms with Gasteiger partial charge in [0.05, 0.1) is 6.54 Å². The van der Waals surface area contributed by atoms with Crippen LogP contribution in [0.4, 0.5) is 8.78 Å². The summed E-state index contributed by atoms with van der Waals surface area (Å²) >= 11 is 0. The van der Waals surface area contributed by atoms with Crippen molar-refractivity contribution in [3.05, 3.63) is 65.2 Å². The highest BCUT2D eigenvalue weighted by atomic mass is 32.2. The van der Waals surface area contributed by atoms with E-state index in [1.165, 1.54) is 0 Å². The minimum Gasteiger partial charge on any atom is -0.351 e. The number of hydrogen-bond donors (Lipinski definition) is 1. The molecule has 1 N–H and O–H groups in total. The molecule has 0 aromatic heterocycles. The molecule has 0 spiro atoms. The second kappa shape index (κ2) is 8.98. The number of carbonyl (C=O) groups is 1. The third-order valence-corrected chi connectivity index (χ3v) is 6.86. The molecule has 1 aliphatic heterocycles. The number of aryl methyl sites for hydroxylation is 1. The van der Waals surface area contributed by atoms with Gasteiger partial charge in [-0.25, -0.2) is 17.2 Å². The van der Waals surface area contributed by atoms with E-state index >= 15 is 0 Å². The summed E-state index contributed by atoms with van der Waals surface area (Å²) in [6.07, 6.45) is 0. The zero-order chi connectivity index (χ0) is 21.0. The van der Waals surface area contributed by atoms with E-state index in [1.54, 1.807) is 0 Å². The average molecular weight is 423 g/mol. The molecule has 9 heteroatoms. The van der Waals surface area contributed by atoms with Gasteiger partial charge in [-0.15, -0.1) is 0 Å². The van der Waals surface area contributed by atoms with Gasteiger partial charge in [-0.05, 0) is 36.2 Å². The lowest BCUT2D eigenvalue weighted by Gasteiger charge is -2.33. The van der Waals surface area contributed by atoms with Gasteiger partial charge in [0.15, 0.2) is 0 Å². The topological polar surface area (TPSA) is 69.7 Å². The first-order valence-electron chi connectivity index (χ1n) is 9.26. The first-order valence-corrected chi connectivity index (χ1v) is 10.7. The van der Waals surface area contributed by atoms with E-state index in [-0.39, 0.29) is 25.5 Å². The number of hydrogen-bond acceptors (Lipinski definition) is 4. The lowest BCUT2D eigenvalue weighted by molar-refractivity contribution is -0.122. The molecular formula is C20H23F2N3O3S. The fourth-order valence-electron chi connectivity index (χ4n) is 3.20. The van der Waals surface area contributed by atoms with Crippen molar-refractivity contribution < 1.29 is 22.0 Å². The van der Waals surface area contributed by atoms with Gasteiger partial charge in [0, 0.05) is 32.7 Å². The van der Waals surface area contributed by atoms with Crippen LogP contribution in [0.2, 0.25) is 0 Å². The van der Waals surface area contributed by atoms with Gasteiger partial charge >= 0.3 is 0 Å². The van der Waals surface area contributed by atoms with Crippen molar-refractivity contribution >= 4 is 15.9 Å². The quantitative estimate of drug-likeness (QED) is 0.771. The van der Waals surface area contributed by atoms with Gasteiger partial charge in [0.2, 0.25) is 15.9 Å². The number of rotatable bonds is 6. The predicted octanol–water partition coefficient (Wildman–Crippen LogP) is 1.90. The Hall–Kier alpha value is -2.36. The van der Waals surface area contributed by atoms with Gasteiger partial charge in [0.1, 0.15) is 16.5 Å². The Bertz CT molecular complexity index is 990. The van der Waals surface area contributed by atoms with Gasteiger partial charge in [0.25, 0.3) is 0 Å². The maximum Gasteiger partial charge on any atom is 0.246 e. The summed E-state index contributed by atoms with van der Waals surface area (Å²) in [5.74, 6) is -1.95. The first-order chi connectivity index (χ1) is 13.8. The van der Waals surface area contributed by atoms with Crippen LogP contribution in [0.5, 0.6) is 0 Å². The van der Waals surface area contributed by atoms with Crippen LogP contribution in [0, 0.1) is 18.6 Å². The lowest BCUT2D eigenvalue weighted by atomic mass is 10.1. The van der Waals surface area contributed by atoms with Crippen molar-refractivity contribution in [3.8, 4) is 0 Å². The summed E-state index contributed by atoms with van der Waals surface area (Å²) in [4.78, 5) is 13.4. The van der Waals surface area contributed by atoms with Crippen molar-refractivity contribution in [3.63, 3.8) is 0 Å². The average Bonchev–Trinajstić information content (AvgIpc) is 2.69. The number of nitrogens with one attached hydrogen (secondary N) is 1. The minimum atomic E-state index is -4.13. The Morgan fingerprint density at radius 2 is 1.76 bits per heavy atom. The van der Waals surface area contributed by atoms with Crippen molar-refractivity contribution in [2.24, 2.45) is 0 Å². The highest BCUT2D eigenvalue weighted by molar-refractivity contribution is 7.89. The highest BCUT2D eigenvalue weighted by Crippen LogP contribution is 2.21. The molecule has 1 heterocycles. The minimum absolute atomic E-state index is 0.101. The first kappa shape index (κ1) is 21.4. The van der Waals surface area contributed by atoms with E-state index in [2.05, 4.69) is 5.32 Å². The third-order valence-electron chi connectivity index (χ3n) is 4.95. The Morgan fingerprint density at radius 3 is 2.45 bits per heavy atom. The highest BCUT2D eigenvalue weighted by Gasteiger charge is 2.31. The fraction of sp³-hybridized carbons (Fsp3) is 0.350. The molecule has 156 valence electrons. The number of nitrogens with zero attached hydrogens (tertiary/aromatic N) is 2.